The topological polar surface area (TPSA) is 60.9 Å². The van der Waals surface area contributed by atoms with E-state index in [4.69, 9.17) is 4.42 Å². The first-order valence-electron chi connectivity index (χ1n) is 9.42. The fraction of sp³-hybridized carbons (Fsp3) is 0.500. The van der Waals surface area contributed by atoms with Gasteiger partial charge in [0.25, 0.3) is 0 Å². The lowest BCUT2D eigenvalue weighted by atomic mass is 9.83. The van der Waals surface area contributed by atoms with Crippen molar-refractivity contribution in [1.29, 1.82) is 0 Å². The number of aryl methyl sites for hydroxylation is 1. The minimum atomic E-state index is -0.393. The summed E-state index contributed by atoms with van der Waals surface area (Å²) in [6.07, 6.45) is 5.29. The van der Waals surface area contributed by atoms with E-state index in [0.29, 0.717) is 12.3 Å². The molecule has 0 aliphatic heterocycles. The van der Waals surface area contributed by atoms with Crippen molar-refractivity contribution >= 4 is 17.5 Å². The summed E-state index contributed by atoms with van der Waals surface area (Å²) in [6.45, 7) is 18.6. The summed E-state index contributed by atoms with van der Waals surface area (Å²) in [7, 11) is 0. The Morgan fingerprint density at radius 1 is 1.21 bits per heavy atom. The summed E-state index contributed by atoms with van der Waals surface area (Å²) in [4.78, 5) is 12.6. The molecule has 2 rings (SSSR count). The maximum Gasteiger partial charge on any atom is 0.192 e. The minimum Gasteiger partial charge on any atom is -0.469 e. The van der Waals surface area contributed by atoms with Gasteiger partial charge in [0.05, 0.1) is 11.8 Å². The van der Waals surface area contributed by atoms with Gasteiger partial charge in [-0.3, -0.25) is 9.36 Å². The van der Waals surface area contributed by atoms with Crippen LogP contribution in [0.1, 0.15) is 47.3 Å². The molecular formula is C22H31N3O2S. The van der Waals surface area contributed by atoms with Crippen LogP contribution in [0.15, 0.2) is 46.2 Å². The molecule has 0 bridgehead atoms. The van der Waals surface area contributed by atoms with Crippen LogP contribution in [-0.2, 0) is 11.3 Å². The Labute approximate surface area is 172 Å². The highest BCUT2D eigenvalue weighted by atomic mass is 32.2. The number of hydrogen-bond acceptors (Lipinski definition) is 5. The monoisotopic (exact) mass is 401 g/mol. The van der Waals surface area contributed by atoms with Crippen molar-refractivity contribution in [2.75, 3.05) is 5.75 Å². The molecule has 0 aliphatic rings. The first kappa shape index (κ1) is 22.2. The van der Waals surface area contributed by atoms with Gasteiger partial charge in [0.2, 0.25) is 0 Å². The van der Waals surface area contributed by atoms with Gasteiger partial charge < -0.3 is 4.42 Å². The number of allylic oxidation sites excluding steroid dienone is 2. The largest absolute Gasteiger partial charge is 0.469 e. The van der Waals surface area contributed by atoms with E-state index in [0.717, 1.165) is 27.9 Å². The molecule has 5 nitrogen and oxygen atoms in total. The Kier molecular flexibility index (Phi) is 6.75. The van der Waals surface area contributed by atoms with Crippen molar-refractivity contribution < 1.29 is 9.21 Å². The summed E-state index contributed by atoms with van der Waals surface area (Å²) in [5.74, 6) is 2.38. The van der Waals surface area contributed by atoms with Crippen molar-refractivity contribution in [2.24, 2.45) is 10.8 Å². The lowest BCUT2D eigenvalue weighted by Crippen LogP contribution is -2.21. The Balaban J connectivity index is 2.32. The maximum absolute atomic E-state index is 12.6. The normalized spacial score (nSPS) is 13.0. The second kappa shape index (κ2) is 8.52. The predicted octanol–water partition coefficient (Wildman–Crippen LogP) is 5.71. The number of thioether (sulfide) groups is 1. The van der Waals surface area contributed by atoms with E-state index in [1.165, 1.54) is 0 Å². The van der Waals surface area contributed by atoms with Crippen LogP contribution >= 0.6 is 11.8 Å². The number of ketones is 1. The van der Waals surface area contributed by atoms with E-state index in [-0.39, 0.29) is 11.2 Å². The van der Waals surface area contributed by atoms with Gasteiger partial charge >= 0.3 is 0 Å². The van der Waals surface area contributed by atoms with Crippen molar-refractivity contribution in [3.05, 3.63) is 42.4 Å². The molecule has 0 N–H and O–H groups in total. The average Bonchev–Trinajstić information content (AvgIpc) is 3.15. The third kappa shape index (κ3) is 5.25. The van der Waals surface area contributed by atoms with Gasteiger partial charge in [-0.1, -0.05) is 65.0 Å². The molecule has 28 heavy (non-hydrogen) atoms. The zero-order valence-electron chi connectivity index (χ0n) is 18.0. The van der Waals surface area contributed by atoms with Crippen molar-refractivity contribution in [1.82, 2.24) is 14.8 Å². The van der Waals surface area contributed by atoms with Crippen LogP contribution in [0.5, 0.6) is 0 Å². The molecule has 0 unspecified atom stereocenters. The lowest BCUT2D eigenvalue weighted by molar-refractivity contribution is -0.121. The van der Waals surface area contributed by atoms with Gasteiger partial charge in [0.15, 0.2) is 16.8 Å². The van der Waals surface area contributed by atoms with Crippen molar-refractivity contribution in [3.63, 3.8) is 0 Å². The maximum atomic E-state index is 12.6. The van der Waals surface area contributed by atoms with Crippen LogP contribution in [0.25, 0.3) is 11.4 Å². The van der Waals surface area contributed by atoms with E-state index in [1.807, 2.05) is 50.5 Å². The number of carbonyl (C=O) groups is 1. The molecule has 0 aliphatic carbocycles. The zero-order chi connectivity index (χ0) is 21.1. The van der Waals surface area contributed by atoms with Gasteiger partial charge in [-0.05, 0) is 24.5 Å². The third-order valence-electron chi connectivity index (χ3n) is 4.49. The Morgan fingerprint density at radius 2 is 1.89 bits per heavy atom. The average molecular weight is 402 g/mol. The first-order chi connectivity index (χ1) is 12.9. The molecule has 0 aromatic carbocycles. The molecule has 6 heteroatoms. The van der Waals surface area contributed by atoms with E-state index in [9.17, 15) is 4.79 Å². The number of carbonyl (C=O) groups excluding carboxylic acids is 1. The summed E-state index contributed by atoms with van der Waals surface area (Å²) in [5, 5.41) is 9.56. The molecule has 2 aromatic rings. The molecule has 0 spiro atoms. The van der Waals surface area contributed by atoms with Gasteiger partial charge in [-0.25, -0.2) is 0 Å². The number of nitrogens with zero attached hydrogens (tertiary/aromatic N) is 3. The molecular weight excluding hydrogens is 370 g/mol. The number of hydrogen-bond donors (Lipinski definition) is 0. The zero-order valence-corrected chi connectivity index (χ0v) is 18.8. The molecule has 0 amide bonds. The van der Waals surface area contributed by atoms with E-state index in [1.54, 1.807) is 18.0 Å². The van der Waals surface area contributed by atoms with Crippen molar-refractivity contribution in [2.45, 2.75) is 60.2 Å². The predicted molar refractivity (Wildman–Crippen MR) is 115 cm³/mol. The van der Waals surface area contributed by atoms with Gasteiger partial charge in [0, 0.05) is 17.7 Å². The lowest BCUT2D eigenvalue weighted by Gasteiger charge is -2.24. The summed E-state index contributed by atoms with van der Waals surface area (Å²) in [5.41, 5.74) is 1.51. The highest BCUT2D eigenvalue weighted by Crippen LogP contribution is 2.33. The standard InChI is InChI=1S/C22H31N3O2S/c1-9-11-25-19(17-10-12-27-15(17)2)23-24-20(25)28-14-16(21(3,4)5)13-18(26)22(6,7)8/h9-10,12-13H,1,11,14H2,2-8H3. The molecule has 2 aromatic heterocycles. The Hall–Kier alpha value is -2.08. The quantitative estimate of drug-likeness (QED) is 0.338. The SMILES string of the molecule is C=CCn1c(SCC(=CC(=O)C(C)(C)C)C(C)(C)C)nnc1-c1ccoc1C. The van der Waals surface area contributed by atoms with Crippen LogP contribution < -0.4 is 0 Å². The third-order valence-corrected chi connectivity index (χ3v) is 5.51. The number of furan rings is 1. The first-order valence-corrected chi connectivity index (χ1v) is 10.4. The summed E-state index contributed by atoms with van der Waals surface area (Å²) in [6, 6.07) is 1.90. The molecule has 0 saturated heterocycles. The number of rotatable bonds is 7. The highest BCUT2D eigenvalue weighted by Gasteiger charge is 2.25. The molecule has 0 radical (unpaired) electrons. The van der Waals surface area contributed by atoms with Gasteiger partial charge in [0.1, 0.15) is 5.76 Å². The summed E-state index contributed by atoms with van der Waals surface area (Å²) >= 11 is 1.59. The fourth-order valence-corrected chi connectivity index (χ4v) is 3.71. The minimum absolute atomic E-state index is 0.110. The molecule has 0 saturated carbocycles. The highest BCUT2D eigenvalue weighted by molar-refractivity contribution is 7.99. The molecule has 2 heterocycles. The van der Waals surface area contributed by atoms with Crippen LogP contribution in [0.3, 0.4) is 0 Å². The number of aromatic nitrogens is 3. The molecule has 152 valence electrons. The van der Waals surface area contributed by atoms with Crippen LogP contribution in [-0.4, -0.2) is 26.3 Å². The fourth-order valence-electron chi connectivity index (χ4n) is 2.50. The van der Waals surface area contributed by atoms with Crippen LogP contribution in [0.2, 0.25) is 0 Å². The molecule has 0 atom stereocenters. The van der Waals surface area contributed by atoms with E-state index < -0.39 is 5.41 Å². The van der Waals surface area contributed by atoms with Gasteiger partial charge in [-0.2, -0.15) is 0 Å². The van der Waals surface area contributed by atoms with E-state index in [2.05, 4.69) is 37.5 Å². The van der Waals surface area contributed by atoms with Crippen LogP contribution in [0, 0.1) is 17.8 Å². The summed E-state index contributed by atoms with van der Waals surface area (Å²) < 4.78 is 7.45. The van der Waals surface area contributed by atoms with Crippen LogP contribution in [0.4, 0.5) is 0 Å². The van der Waals surface area contributed by atoms with E-state index >= 15 is 0 Å². The smallest absolute Gasteiger partial charge is 0.192 e. The Morgan fingerprint density at radius 3 is 2.39 bits per heavy atom. The molecule has 0 fully saturated rings. The Bertz CT molecular complexity index is 876. The van der Waals surface area contributed by atoms with Gasteiger partial charge in [-0.15, -0.1) is 16.8 Å². The second-order valence-electron chi connectivity index (χ2n) is 8.92. The van der Waals surface area contributed by atoms with Crippen molar-refractivity contribution in [3.8, 4) is 11.4 Å². The second-order valence-corrected chi connectivity index (χ2v) is 9.86.